The van der Waals surface area contributed by atoms with Crippen molar-refractivity contribution >= 4 is 11.9 Å². The molecule has 1 aromatic heterocycles. The van der Waals surface area contributed by atoms with Crippen molar-refractivity contribution in [3.8, 4) is 11.5 Å². The Hall–Kier alpha value is -2.78. The van der Waals surface area contributed by atoms with E-state index in [0.717, 1.165) is 5.56 Å². The molecule has 138 valence electrons. The fraction of sp³-hybridized carbons (Fsp3) is 0.438. The maximum Gasteiger partial charge on any atom is 0.451 e. The molecular weight excluding hydrogens is 353 g/mol. The first-order valence-electron chi connectivity index (χ1n) is 7.95. The number of H-pyrrole nitrogens is 1. The molecule has 0 unspecified atom stereocenters. The summed E-state index contributed by atoms with van der Waals surface area (Å²) >= 11 is 0. The highest BCUT2D eigenvalue weighted by Gasteiger charge is 2.61. The van der Waals surface area contributed by atoms with Crippen LogP contribution in [0.5, 0.6) is 11.5 Å². The van der Waals surface area contributed by atoms with Gasteiger partial charge in [-0.2, -0.15) is 18.2 Å². The van der Waals surface area contributed by atoms with Crippen molar-refractivity contribution in [3.63, 3.8) is 0 Å². The van der Waals surface area contributed by atoms with Crippen molar-refractivity contribution in [3.05, 3.63) is 29.6 Å². The van der Waals surface area contributed by atoms with Crippen molar-refractivity contribution in [1.82, 2.24) is 15.2 Å². The number of nitrogens with one attached hydrogen (secondary N) is 2. The van der Waals surface area contributed by atoms with Crippen LogP contribution in [0, 0.1) is 5.92 Å². The fourth-order valence-electron chi connectivity index (χ4n) is 3.49. The molecule has 26 heavy (non-hydrogen) atoms. The smallest absolute Gasteiger partial charge is 0.451 e. The first-order chi connectivity index (χ1) is 12.3. The van der Waals surface area contributed by atoms with E-state index in [-0.39, 0.29) is 11.9 Å². The van der Waals surface area contributed by atoms with Crippen LogP contribution in [0.3, 0.4) is 0 Å². The van der Waals surface area contributed by atoms with E-state index < -0.39 is 23.3 Å². The second-order valence-electron chi connectivity index (χ2n) is 6.37. The van der Waals surface area contributed by atoms with Crippen LogP contribution in [0.2, 0.25) is 0 Å². The number of carbonyl (C=O) groups excluding carboxylic acids is 1. The zero-order chi connectivity index (χ0) is 18.5. The van der Waals surface area contributed by atoms with Gasteiger partial charge in [-0.05, 0) is 31.0 Å². The number of anilines is 1. The molecule has 1 aromatic carbocycles. The minimum atomic E-state index is -4.65. The van der Waals surface area contributed by atoms with Crippen LogP contribution in [-0.4, -0.2) is 34.8 Å². The number of aromatic amines is 1. The summed E-state index contributed by atoms with van der Waals surface area (Å²) in [6.45, 7) is 0.474. The van der Waals surface area contributed by atoms with Gasteiger partial charge >= 0.3 is 6.18 Å². The average Bonchev–Trinajstić information content (AvgIpc) is 3.11. The molecular formula is C16H15F3N4O3. The molecule has 1 spiro atoms. The number of alkyl halides is 3. The molecule has 7 nitrogen and oxygen atoms in total. The topological polar surface area (TPSA) is 89.1 Å². The summed E-state index contributed by atoms with van der Waals surface area (Å²) in [7, 11) is 1.55. The van der Waals surface area contributed by atoms with Crippen molar-refractivity contribution in [2.24, 2.45) is 5.92 Å². The lowest BCUT2D eigenvalue weighted by molar-refractivity contribution is -0.144. The lowest BCUT2D eigenvalue weighted by Crippen LogP contribution is -2.27. The number of hydrogen-bond acceptors (Lipinski definition) is 5. The minimum absolute atomic E-state index is 0.384. The molecule has 4 rings (SSSR count). The number of benzene rings is 1. The van der Waals surface area contributed by atoms with Crippen molar-refractivity contribution in [2.45, 2.75) is 24.4 Å². The van der Waals surface area contributed by atoms with Crippen molar-refractivity contribution < 1.29 is 27.4 Å². The summed E-state index contributed by atoms with van der Waals surface area (Å²) in [5.41, 5.74) is 0.490. The van der Waals surface area contributed by atoms with E-state index in [0.29, 0.717) is 30.9 Å². The Morgan fingerprint density at radius 2 is 2.27 bits per heavy atom. The third kappa shape index (κ3) is 2.65. The third-order valence-electron chi connectivity index (χ3n) is 4.91. The summed E-state index contributed by atoms with van der Waals surface area (Å²) in [6, 6.07) is 5.42. The van der Waals surface area contributed by atoms with Gasteiger partial charge in [-0.3, -0.25) is 15.2 Å². The van der Waals surface area contributed by atoms with E-state index in [1.54, 1.807) is 24.3 Å². The predicted octanol–water partition coefficient (Wildman–Crippen LogP) is 2.51. The Kier molecular flexibility index (Phi) is 3.60. The summed E-state index contributed by atoms with van der Waals surface area (Å²) in [4.78, 5) is 15.8. The Labute approximate surface area is 145 Å². The molecule has 0 saturated heterocycles. The van der Waals surface area contributed by atoms with E-state index in [2.05, 4.69) is 15.4 Å². The molecule has 2 heterocycles. The largest absolute Gasteiger partial charge is 0.497 e. The molecule has 10 heteroatoms. The summed E-state index contributed by atoms with van der Waals surface area (Å²) in [5, 5.41) is 7.54. The summed E-state index contributed by atoms with van der Waals surface area (Å²) in [5.74, 6) is -1.08. The third-order valence-corrected chi connectivity index (χ3v) is 4.91. The number of fused-ring (bicyclic) bond motifs is 2. The fourth-order valence-corrected chi connectivity index (χ4v) is 3.49. The van der Waals surface area contributed by atoms with Gasteiger partial charge in [-0.1, -0.05) is 0 Å². The summed E-state index contributed by atoms with van der Waals surface area (Å²) < 4.78 is 48.6. The molecule has 2 N–H and O–H groups in total. The molecule has 0 bridgehead atoms. The van der Waals surface area contributed by atoms with Gasteiger partial charge in [0.15, 0.2) is 0 Å². The van der Waals surface area contributed by atoms with Gasteiger partial charge in [0.2, 0.25) is 17.7 Å². The molecule has 0 radical (unpaired) electrons. The highest BCUT2D eigenvalue weighted by atomic mass is 19.4. The van der Waals surface area contributed by atoms with Crippen LogP contribution in [0.25, 0.3) is 0 Å². The lowest BCUT2D eigenvalue weighted by Gasteiger charge is -2.27. The zero-order valence-electron chi connectivity index (χ0n) is 13.7. The van der Waals surface area contributed by atoms with Crippen LogP contribution in [-0.2, 0) is 16.4 Å². The van der Waals surface area contributed by atoms with Gasteiger partial charge in [0.05, 0.1) is 13.7 Å². The molecule has 1 aliphatic heterocycles. The van der Waals surface area contributed by atoms with E-state index in [1.165, 1.54) is 0 Å². The quantitative estimate of drug-likeness (QED) is 0.869. The van der Waals surface area contributed by atoms with Gasteiger partial charge in [0, 0.05) is 16.9 Å². The molecule has 2 aromatic rings. The second kappa shape index (κ2) is 5.61. The minimum Gasteiger partial charge on any atom is -0.497 e. The molecule has 2 aliphatic rings. The van der Waals surface area contributed by atoms with Gasteiger partial charge in [-0.15, -0.1) is 5.10 Å². The molecule has 1 saturated carbocycles. The van der Waals surface area contributed by atoms with E-state index in [9.17, 15) is 18.0 Å². The highest BCUT2D eigenvalue weighted by Crippen LogP contribution is 2.61. The van der Waals surface area contributed by atoms with E-state index >= 15 is 0 Å². The van der Waals surface area contributed by atoms with E-state index in [1.807, 2.05) is 6.07 Å². The van der Waals surface area contributed by atoms with Crippen molar-refractivity contribution in [2.75, 3.05) is 19.0 Å². The first-order valence-corrected chi connectivity index (χ1v) is 7.95. The number of methoxy groups -OCH3 is 1. The number of halogens is 3. The maximum absolute atomic E-state index is 12.6. The molecule has 1 amide bonds. The Balaban J connectivity index is 1.53. The predicted molar refractivity (Wildman–Crippen MR) is 82.9 cm³/mol. The Morgan fingerprint density at radius 1 is 1.46 bits per heavy atom. The van der Waals surface area contributed by atoms with Crippen LogP contribution in [0.1, 0.15) is 24.2 Å². The second-order valence-corrected chi connectivity index (χ2v) is 6.37. The maximum atomic E-state index is 12.6. The van der Waals surface area contributed by atoms with Gasteiger partial charge in [0.25, 0.3) is 0 Å². The Bertz CT molecular complexity index is 867. The van der Waals surface area contributed by atoms with Crippen molar-refractivity contribution in [1.29, 1.82) is 0 Å². The number of rotatable bonds is 3. The summed E-state index contributed by atoms with van der Waals surface area (Å²) in [6.07, 6.45) is -3.42. The number of nitrogens with zero attached hydrogens (tertiary/aromatic N) is 2. The van der Waals surface area contributed by atoms with Gasteiger partial charge in [-0.25, -0.2) is 0 Å². The molecule has 2 atom stereocenters. The van der Waals surface area contributed by atoms with Gasteiger partial charge < -0.3 is 9.47 Å². The number of aromatic nitrogens is 3. The number of ether oxygens (including phenoxy) is 2. The van der Waals surface area contributed by atoms with Crippen LogP contribution >= 0.6 is 0 Å². The van der Waals surface area contributed by atoms with Crippen LogP contribution < -0.4 is 14.8 Å². The number of hydrogen-bond donors (Lipinski definition) is 2. The van der Waals surface area contributed by atoms with Crippen LogP contribution in [0.15, 0.2) is 18.2 Å². The SMILES string of the molecule is COc1ccc2c(c1)[C@@]1(CCO2)C[C@@H]1C(=O)Nc1n[nH]c(C(F)(F)F)n1. The normalized spacial score (nSPS) is 23.9. The zero-order valence-corrected chi connectivity index (χ0v) is 13.7. The number of carbonyl (C=O) groups is 1. The highest BCUT2D eigenvalue weighted by molar-refractivity contribution is 5.95. The number of amides is 1. The lowest BCUT2D eigenvalue weighted by atomic mass is 9.87. The Morgan fingerprint density at radius 3 is 2.96 bits per heavy atom. The standard InChI is InChI=1S/C16H15F3N4O3/c1-25-8-2-3-11-9(6-8)15(4-5-26-11)7-10(15)12(24)20-14-21-13(22-23-14)16(17,18)19/h2-3,6,10H,4-5,7H2,1H3,(H2,20,21,22,23,24)/t10-,15-/m1/s1. The molecule has 1 fully saturated rings. The molecule has 1 aliphatic carbocycles. The average molecular weight is 368 g/mol. The van der Waals surface area contributed by atoms with Gasteiger partial charge in [0.1, 0.15) is 11.5 Å². The monoisotopic (exact) mass is 368 g/mol. The van der Waals surface area contributed by atoms with Crippen LogP contribution in [0.4, 0.5) is 19.1 Å². The first kappa shape index (κ1) is 16.7. The van der Waals surface area contributed by atoms with E-state index in [4.69, 9.17) is 9.47 Å².